The lowest BCUT2D eigenvalue weighted by atomic mass is 10.2. The van der Waals surface area contributed by atoms with Gasteiger partial charge in [-0.15, -0.1) is 10.2 Å². The molecular weight excluding hydrogens is 456 g/mol. The Morgan fingerprint density at radius 1 is 1.09 bits per heavy atom. The quantitative estimate of drug-likeness (QED) is 0.466. The molecule has 12 heteroatoms. The maximum atomic E-state index is 13.0. The lowest BCUT2D eigenvalue weighted by Gasteiger charge is -2.26. The van der Waals surface area contributed by atoms with E-state index in [0.29, 0.717) is 59.0 Å². The first-order valence-electron chi connectivity index (χ1n) is 9.73. The monoisotopic (exact) mass is 472 g/mol. The molecule has 3 heterocycles. The van der Waals surface area contributed by atoms with Crippen LogP contribution in [0.2, 0.25) is 5.02 Å². The molecule has 1 fully saturated rings. The molecule has 0 saturated carbocycles. The third kappa shape index (κ3) is 3.79. The molecule has 0 bridgehead atoms. The Hall–Kier alpha value is -3.12. The number of H-pyrrole nitrogens is 1. The standard InChI is InChI=1S/C20H17ClN6O4S/c21-13-3-1-12(2-4-13)19(28)24-20-23-18-17(25-26-20)15-11-14(5-6-16(15)22-18)32(29,30)27-7-9-31-10-8-27/h1-6,11H,7-10H2,(H2,22,23,24,26,28). The molecule has 2 aromatic heterocycles. The number of ether oxygens (including phenoxy) is 1. The summed E-state index contributed by atoms with van der Waals surface area (Å²) in [5, 5.41) is 11.8. The molecule has 0 aliphatic carbocycles. The van der Waals surface area contributed by atoms with E-state index < -0.39 is 15.9 Å². The number of hydrogen-bond donors (Lipinski definition) is 2. The number of fused-ring (bicyclic) bond motifs is 3. The van der Waals surface area contributed by atoms with Gasteiger partial charge in [0.15, 0.2) is 5.65 Å². The van der Waals surface area contributed by atoms with E-state index in [4.69, 9.17) is 16.3 Å². The van der Waals surface area contributed by atoms with Gasteiger partial charge in [-0.05, 0) is 42.5 Å². The largest absolute Gasteiger partial charge is 0.379 e. The van der Waals surface area contributed by atoms with Gasteiger partial charge in [0.1, 0.15) is 5.52 Å². The first-order chi connectivity index (χ1) is 15.4. The molecule has 0 unspecified atom stereocenters. The molecular formula is C20H17ClN6O4S. The van der Waals surface area contributed by atoms with Crippen LogP contribution in [0.15, 0.2) is 47.4 Å². The summed E-state index contributed by atoms with van der Waals surface area (Å²) < 4.78 is 32.6. The smallest absolute Gasteiger partial charge is 0.258 e. The van der Waals surface area contributed by atoms with Crippen molar-refractivity contribution in [3.8, 4) is 0 Å². The highest BCUT2D eigenvalue weighted by molar-refractivity contribution is 7.89. The van der Waals surface area contributed by atoms with Crippen molar-refractivity contribution in [2.75, 3.05) is 31.6 Å². The van der Waals surface area contributed by atoms with Crippen molar-refractivity contribution < 1.29 is 17.9 Å². The molecule has 32 heavy (non-hydrogen) atoms. The van der Waals surface area contributed by atoms with E-state index in [-0.39, 0.29) is 10.8 Å². The zero-order valence-corrected chi connectivity index (χ0v) is 18.2. The summed E-state index contributed by atoms with van der Waals surface area (Å²) in [7, 11) is -3.65. The van der Waals surface area contributed by atoms with Gasteiger partial charge in [-0.1, -0.05) is 11.6 Å². The number of hydrogen-bond acceptors (Lipinski definition) is 7. The van der Waals surface area contributed by atoms with Gasteiger partial charge in [0, 0.05) is 34.6 Å². The van der Waals surface area contributed by atoms with Crippen molar-refractivity contribution in [1.29, 1.82) is 0 Å². The van der Waals surface area contributed by atoms with Crippen LogP contribution in [0.3, 0.4) is 0 Å². The van der Waals surface area contributed by atoms with Gasteiger partial charge in [0.2, 0.25) is 10.0 Å². The Morgan fingerprint density at radius 2 is 1.84 bits per heavy atom. The Kier molecular flexibility index (Phi) is 5.25. The summed E-state index contributed by atoms with van der Waals surface area (Å²) in [6.07, 6.45) is 0. The van der Waals surface area contributed by atoms with Gasteiger partial charge < -0.3 is 9.72 Å². The van der Waals surface area contributed by atoms with Crippen LogP contribution in [0.4, 0.5) is 5.95 Å². The fourth-order valence-electron chi connectivity index (χ4n) is 3.47. The van der Waals surface area contributed by atoms with Gasteiger partial charge in [-0.2, -0.15) is 9.29 Å². The SMILES string of the molecule is O=C(Nc1nnc2c(n1)[nH]c1ccc(S(=O)(=O)N3CCOCC3)cc12)c1ccc(Cl)cc1. The van der Waals surface area contributed by atoms with Crippen LogP contribution in [-0.4, -0.2) is 65.1 Å². The molecule has 10 nitrogen and oxygen atoms in total. The van der Waals surface area contributed by atoms with Crippen molar-refractivity contribution in [2.45, 2.75) is 4.90 Å². The van der Waals surface area contributed by atoms with Gasteiger partial charge in [-0.3, -0.25) is 10.1 Å². The first kappa shape index (κ1) is 20.8. The number of rotatable bonds is 4. The van der Waals surface area contributed by atoms with E-state index in [2.05, 4.69) is 25.5 Å². The summed E-state index contributed by atoms with van der Waals surface area (Å²) in [5.74, 6) is -0.386. The zero-order valence-electron chi connectivity index (χ0n) is 16.6. The van der Waals surface area contributed by atoms with E-state index in [0.717, 1.165) is 0 Å². The van der Waals surface area contributed by atoms with Gasteiger partial charge in [0.05, 0.1) is 18.1 Å². The van der Waals surface area contributed by atoms with Crippen LogP contribution in [0.5, 0.6) is 0 Å². The Bertz CT molecular complexity index is 1430. The minimum absolute atomic E-state index is 0.0187. The normalized spacial score (nSPS) is 15.3. The number of carbonyl (C=O) groups excluding carboxylic acids is 1. The zero-order chi connectivity index (χ0) is 22.3. The Labute approximate surface area is 187 Å². The average Bonchev–Trinajstić information content (AvgIpc) is 3.17. The van der Waals surface area contributed by atoms with Crippen molar-refractivity contribution in [3.63, 3.8) is 0 Å². The molecule has 164 valence electrons. The van der Waals surface area contributed by atoms with Gasteiger partial charge in [-0.25, -0.2) is 8.42 Å². The summed E-state index contributed by atoms with van der Waals surface area (Å²) in [5.41, 5.74) is 1.84. The number of morpholine rings is 1. The van der Waals surface area contributed by atoms with Crippen LogP contribution >= 0.6 is 11.6 Å². The molecule has 0 radical (unpaired) electrons. The number of aromatic amines is 1. The number of halogens is 1. The minimum Gasteiger partial charge on any atom is -0.379 e. The maximum Gasteiger partial charge on any atom is 0.258 e. The van der Waals surface area contributed by atoms with Gasteiger partial charge >= 0.3 is 0 Å². The van der Waals surface area contributed by atoms with E-state index >= 15 is 0 Å². The number of aromatic nitrogens is 4. The Morgan fingerprint density at radius 3 is 2.59 bits per heavy atom. The molecule has 1 amide bonds. The number of benzene rings is 2. The topological polar surface area (TPSA) is 130 Å². The second-order valence-corrected chi connectivity index (χ2v) is 9.52. The summed E-state index contributed by atoms with van der Waals surface area (Å²) in [6, 6.07) is 11.2. The van der Waals surface area contributed by atoms with Crippen LogP contribution in [0.25, 0.3) is 22.1 Å². The molecule has 1 aliphatic heterocycles. The van der Waals surface area contributed by atoms with Crippen LogP contribution in [-0.2, 0) is 14.8 Å². The maximum absolute atomic E-state index is 13.0. The summed E-state index contributed by atoms with van der Waals surface area (Å²) in [4.78, 5) is 19.9. The van der Waals surface area contributed by atoms with Crippen molar-refractivity contribution >= 4 is 55.5 Å². The van der Waals surface area contributed by atoms with E-state index in [9.17, 15) is 13.2 Å². The second-order valence-electron chi connectivity index (χ2n) is 7.14. The highest BCUT2D eigenvalue weighted by Gasteiger charge is 2.27. The first-order valence-corrected chi connectivity index (χ1v) is 11.5. The third-order valence-electron chi connectivity index (χ3n) is 5.13. The fourth-order valence-corrected chi connectivity index (χ4v) is 5.04. The predicted octanol–water partition coefficient (Wildman–Crippen LogP) is 2.43. The fraction of sp³-hybridized carbons (Fsp3) is 0.200. The van der Waals surface area contributed by atoms with Gasteiger partial charge in [0.25, 0.3) is 11.9 Å². The highest BCUT2D eigenvalue weighted by atomic mass is 35.5. The van der Waals surface area contributed by atoms with E-state index in [1.54, 1.807) is 42.5 Å². The Balaban J connectivity index is 1.46. The lowest BCUT2D eigenvalue weighted by Crippen LogP contribution is -2.40. The molecule has 2 N–H and O–H groups in total. The number of sulfonamides is 1. The lowest BCUT2D eigenvalue weighted by molar-refractivity contribution is 0.0730. The molecule has 2 aromatic carbocycles. The van der Waals surface area contributed by atoms with Crippen LogP contribution in [0, 0.1) is 0 Å². The molecule has 1 saturated heterocycles. The molecule has 4 aromatic rings. The van der Waals surface area contributed by atoms with Crippen molar-refractivity contribution in [1.82, 2.24) is 24.5 Å². The number of nitrogens with zero attached hydrogens (tertiary/aromatic N) is 4. The van der Waals surface area contributed by atoms with E-state index in [1.165, 1.54) is 4.31 Å². The van der Waals surface area contributed by atoms with Crippen molar-refractivity contribution in [3.05, 3.63) is 53.1 Å². The van der Waals surface area contributed by atoms with Crippen LogP contribution in [0.1, 0.15) is 10.4 Å². The summed E-state index contributed by atoms with van der Waals surface area (Å²) >= 11 is 5.85. The minimum atomic E-state index is -3.65. The molecule has 0 atom stereocenters. The number of nitrogens with one attached hydrogen (secondary N) is 2. The molecule has 1 aliphatic rings. The third-order valence-corrected chi connectivity index (χ3v) is 7.27. The van der Waals surface area contributed by atoms with Crippen molar-refractivity contribution in [2.24, 2.45) is 0 Å². The number of amides is 1. The van der Waals surface area contributed by atoms with Crippen LogP contribution < -0.4 is 5.32 Å². The summed E-state index contributed by atoms with van der Waals surface area (Å²) in [6.45, 7) is 1.36. The predicted molar refractivity (Wildman–Crippen MR) is 118 cm³/mol. The highest BCUT2D eigenvalue weighted by Crippen LogP contribution is 2.27. The molecule has 0 spiro atoms. The molecule has 5 rings (SSSR count). The second kappa shape index (κ2) is 8.10. The van der Waals surface area contributed by atoms with E-state index in [1.807, 2.05) is 0 Å². The number of anilines is 1. The number of carbonyl (C=O) groups is 1. The average molecular weight is 473 g/mol.